The number of benzene rings is 1. The summed E-state index contributed by atoms with van der Waals surface area (Å²) >= 11 is 0. The summed E-state index contributed by atoms with van der Waals surface area (Å²) in [5, 5.41) is 2.45. The lowest BCUT2D eigenvalue weighted by molar-refractivity contribution is -0.125. The van der Waals surface area contributed by atoms with Gasteiger partial charge in [0, 0.05) is 12.6 Å². The van der Waals surface area contributed by atoms with Crippen LogP contribution in [0.2, 0.25) is 0 Å². The van der Waals surface area contributed by atoms with Gasteiger partial charge in [-0.1, -0.05) is 6.07 Å². The minimum Gasteiger partial charge on any atom is -0.493 e. The van der Waals surface area contributed by atoms with Gasteiger partial charge in [0.05, 0.1) is 20.8 Å². The SMILES string of the molecule is COc1ccc(C(N)CN2C(=O)CNC2=O)cc1OC. The maximum Gasteiger partial charge on any atom is 0.324 e. The molecule has 108 valence electrons. The van der Waals surface area contributed by atoms with Gasteiger partial charge in [-0.05, 0) is 17.7 Å². The fraction of sp³-hybridized carbons (Fsp3) is 0.385. The Labute approximate surface area is 116 Å². The first-order chi connectivity index (χ1) is 9.56. The van der Waals surface area contributed by atoms with Crippen molar-refractivity contribution in [3.8, 4) is 11.5 Å². The molecule has 1 saturated heterocycles. The molecule has 1 atom stereocenters. The molecular weight excluding hydrogens is 262 g/mol. The highest BCUT2D eigenvalue weighted by Crippen LogP contribution is 2.29. The largest absolute Gasteiger partial charge is 0.493 e. The number of amides is 3. The lowest BCUT2D eigenvalue weighted by Crippen LogP contribution is -2.37. The van der Waals surface area contributed by atoms with E-state index in [-0.39, 0.29) is 19.0 Å². The first kappa shape index (κ1) is 14.1. The van der Waals surface area contributed by atoms with Gasteiger partial charge in [-0.3, -0.25) is 9.69 Å². The highest BCUT2D eigenvalue weighted by Gasteiger charge is 2.30. The highest BCUT2D eigenvalue weighted by molar-refractivity contribution is 6.01. The van der Waals surface area contributed by atoms with Gasteiger partial charge in [-0.25, -0.2) is 4.79 Å². The molecule has 3 N–H and O–H groups in total. The minimum absolute atomic E-state index is 0.0253. The Hall–Kier alpha value is -2.28. The lowest BCUT2D eigenvalue weighted by Gasteiger charge is -2.19. The van der Waals surface area contributed by atoms with Crippen molar-refractivity contribution < 1.29 is 19.1 Å². The number of ether oxygens (including phenoxy) is 2. The highest BCUT2D eigenvalue weighted by atomic mass is 16.5. The standard InChI is InChI=1S/C13H17N3O4/c1-19-10-4-3-8(5-11(10)20-2)9(14)7-16-12(17)6-15-13(16)18/h3-5,9H,6-7,14H2,1-2H3,(H,15,18). The van der Waals surface area contributed by atoms with Crippen molar-refractivity contribution in [3.63, 3.8) is 0 Å². The number of nitrogens with one attached hydrogen (secondary N) is 1. The van der Waals surface area contributed by atoms with Crippen LogP contribution in [0.25, 0.3) is 0 Å². The Kier molecular flexibility index (Phi) is 4.09. The van der Waals surface area contributed by atoms with E-state index >= 15 is 0 Å². The molecule has 3 amide bonds. The van der Waals surface area contributed by atoms with Crippen molar-refractivity contribution >= 4 is 11.9 Å². The van der Waals surface area contributed by atoms with Crippen LogP contribution >= 0.6 is 0 Å². The second kappa shape index (κ2) is 5.79. The Morgan fingerprint density at radius 3 is 2.55 bits per heavy atom. The molecule has 1 aromatic carbocycles. The van der Waals surface area contributed by atoms with Gasteiger partial charge < -0.3 is 20.5 Å². The van der Waals surface area contributed by atoms with Crippen LogP contribution in [0.4, 0.5) is 4.79 Å². The number of urea groups is 1. The Balaban J connectivity index is 2.14. The zero-order valence-electron chi connectivity index (χ0n) is 11.4. The van der Waals surface area contributed by atoms with E-state index in [1.807, 2.05) is 0 Å². The molecule has 1 heterocycles. The predicted molar refractivity (Wildman–Crippen MR) is 71.6 cm³/mol. The van der Waals surface area contributed by atoms with Crippen LogP contribution in [0, 0.1) is 0 Å². The van der Waals surface area contributed by atoms with Gasteiger partial charge >= 0.3 is 6.03 Å². The topological polar surface area (TPSA) is 93.9 Å². The molecule has 0 aliphatic carbocycles. The van der Waals surface area contributed by atoms with Gasteiger partial charge in [-0.15, -0.1) is 0 Å². The normalized spacial score (nSPS) is 16.1. The van der Waals surface area contributed by atoms with E-state index in [2.05, 4.69) is 5.32 Å². The van der Waals surface area contributed by atoms with E-state index < -0.39 is 12.1 Å². The second-order valence-corrected chi connectivity index (χ2v) is 4.38. The molecule has 0 radical (unpaired) electrons. The monoisotopic (exact) mass is 279 g/mol. The molecule has 7 heteroatoms. The minimum atomic E-state index is -0.484. The molecule has 1 aliphatic rings. The molecule has 1 aliphatic heterocycles. The molecule has 1 fully saturated rings. The van der Waals surface area contributed by atoms with Crippen molar-refractivity contribution in [3.05, 3.63) is 23.8 Å². The zero-order chi connectivity index (χ0) is 14.7. The van der Waals surface area contributed by atoms with Gasteiger partial charge in [0.1, 0.15) is 0 Å². The van der Waals surface area contributed by atoms with Crippen LogP contribution < -0.4 is 20.5 Å². The third-order valence-corrected chi connectivity index (χ3v) is 3.15. The van der Waals surface area contributed by atoms with Crippen LogP contribution in [0.5, 0.6) is 11.5 Å². The third kappa shape index (κ3) is 2.67. The number of nitrogens with zero attached hydrogens (tertiary/aromatic N) is 1. The van der Waals surface area contributed by atoms with Crippen LogP contribution in [0.15, 0.2) is 18.2 Å². The maximum absolute atomic E-state index is 11.5. The number of hydrogen-bond donors (Lipinski definition) is 2. The van der Waals surface area contributed by atoms with Crippen molar-refractivity contribution in [2.75, 3.05) is 27.3 Å². The number of hydrogen-bond acceptors (Lipinski definition) is 5. The molecule has 20 heavy (non-hydrogen) atoms. The lowest BCUT2D eigenvalue weighted by atomic mass is 10.1. The van der Waals surface area contributed by atoms with Gasteiger partial charge in [0.25, 0.3) is 0 Å². The quantitative estimate of drug-likeness (QED) is 0.754. The predicted octanol–water partition coefficient (Wildman–Crippen LogP) is 0.255. The average Bonchev–Trinajstić information content (AvgIpc) is 2.78. The first-order valence-electron chi connectivity index (χ1n) is 6.12. The van der Waals surface area contributed by atoms with Crippen molar-refractivity contribution in [2.24, 2.45) is 5.73 Å². The fourth-order valence-corrected chi connectivity index (χ4v) is 2.03. The molecule has 0 bridgehead atoms. The molecule has 0 spiro atoms. The van der Waals surface area contributed by atoms with Gasteiger partial charge in [-0.2, -0.15) is 0 Å². The number of rotatable bonds is 5. The van der Waals surface area contributed by atoms with Crippen molar-refractivity contribution in [1.29, 1.82) is 0 Å². The Morgan fingerprint density at radius 1 is 1.30 bits per heavy atom. The summed E-state index contributed by atoms with van der Waals surface area (Å²) in [5.74, 6) is 0.877. The number of carbonyl (C=O) groups excluding carboxylic acids is 2. The van der Waals surface area contributed by atoms with Gasteiger partial charge in [0.15, 0.2) is 11.5 Å². The number of imide groups is 1. The average molecular weight is 279 g/mol. The molecule has 1 aromatic rings. The summed E-state index contributed by atoms with van der Waals surface area (Å²) < 4.78 is 10.3. The zero-order valence-corrected chi connectivity index (χ0v) is 11.4. The summed E-state index contributed by atoms with van der Waals surface area (Å²) in [6, 6.07) is 4.36. The molecule has 2 rings (SSSR count). The van der Waals surface area contributed by atoms with Gasteiger partial charge in [0.2, 0.25) is 5.91 Å². The smallest absolute Gasteiger partial charge is 0.324 e. The van der Waals surface area contributed by atoms with Crippen LogP contribution in [-0.2, 0) is 4.79 Å². The number of nitrogens with two attached hydrogens (primary N) is 1. The van der Waals surface area contributed by atoms with Crippen LogP contribution in [-0.4, -0.2) is 44.1 Å². The van der Waals surface area contributed by atoms with Crippen molar-refractivity contribution in [2.45, 2.75) is 6.04 Å². The maximum atomic E-state index is 11.5. The molecule has 7 nitrogen and oxygen atoms in total. The second-order valence-electron chi connectivity index (χ2n) is 4.38. The fourth-order valence-electron chi connectivity index (χ4n) is 2.03. The molecule has 0 aromatic heterocycles. The summed E-state index contributed by atoms with van der Waals surface area (Å²) in [6.07, 6.45) is 0. The molecule has 0 saturated carbocycles. The summed E-state index contributed by atoms with van der Waals surface area (Å²) in [5.41, 5.74) is 6.80. The van der Waals surface area contributed by atoms with Crippen LogP contribution in [0.3, 0.4) is 0 Å². The summed E-state index contributed by atoms with van der Waals surface area (Å²) in [7, 11) is 3.08. The van der Waals surface area contributed by atoms with E-state index in [9.17, 15) is 9.59 Å². The summed E-state index contributed by atoms with van der Waals surface area (Å²) in [4.78, 5) is 24.1. The van der Waals surface area contributed by atoms with E-state index in [0.29, 0.717) is 11.5 Å². The van der Waals surface area contributed by atoms with E-state index in [1.165, 1.54) is 7.11 Å². The Morgan fingerprint density at radius 2 is 2.00 bits per heavy atom. The van der Waals surface area contributed by atoms with E-state index in [0.717, 1.165) is 10.5 Å². The van der Waals surface area contributed by atoms with Crippen molar-refractivity contribution in [1.82, 2.24) is 10.2 Å². The number of carbonyl (C=O) groups is 2. The first-order valence-corrected chi connectivity index (χ1v) is 6.12. The van der Waals surface area contributed by atoms with E-state index in [1.54, 1.807) is 25.3 Å². The molecule has 1 unspecified atom stereocenters. The Bertz CT molecular complexity index is 516. The summed E-state index contributed by atoms with van der Waals surface area (Å²) in [6.45, 7) is 0.150. The number of methoxy groups -OCH3 is 2. The third-order valence-electron chi connectivity index (χ3n) is 3.15. The van der Waals surface area contributed by atoms with E-state index in [4.69, 9.17) is 15.2 Å². The van der Waals surface area contributed by atoms with Crippen LogP contribution in [0.1, 0.15) is 11.6 Å². The molecular formula is C13H17N3O4.